The summed E-state index contributed by atoms with van der Waals surface area (Å²) < 4.78 is 5.47. The number of hydrogen-bond donors (Lipinski definition) is 2. The summed E-state index contributed by atoms with van der Waals surface area (Å²) in [6, 6.07) is 0. The van der Waals surface area contributed by atoms with Crippen molar-refractivity contribution in [3.8, 4) is 0 Å². The molecule has 31 heavy (non-hydrogen) atoms. The summed E-state index contributed by atoms with van der Waals surface area (Å²) in [5.41, 5.74) is 1.04. The predicted molar refractivity (Wildman–Crippen MR) is 125 cm³/mol. The molecule has 1 aliphatic heterocycles. The molecule has 0 bridgehead atoms. The molecule has 1 saturated heterocycles. The SMILES string of the molecule is CC12CCC3C(CCC4CC(O)CCC43C)C1CCC2CCCC(O)C1CCOCC1. The van der Waals surface area contributed by atoms with Crippen molar-refractivity contribution in [1.29, 1.82) is 0 Å². The number of aliphatic hydroxyl groups is 2. The molecule has 0 aromatic heterocycles. The minimum Gasteiger partial charge on any atom is -0.393 e. The Kier molecular flexibility index (Phi) is 6.52. The Balaban J connectivity index is 1.19. The number of hydrogen-bond acceptors (Lipinski definition) is 3. The van der Waals surface area contributed by atoms with Gasteiger partial charge in [-0.15, -0.1) is 0 Å². The molecule has 4 aliphatic carbocycles. The van der Waals surface area contributed by atoms with Crippen LogP contribution in [0.2, 0.25) is 0 Å². The maximum Gasteiger partial charge on any atom is 0.0570 e. The van der Waals surface area contributed by atoms with Crippen LogP contribution in [0.4, 0.5) is 0 Å². The van der Waals surface area contributed by atoms with Gasteiger partial charge in [0.2, 0.25) is 0 Å². The summed E-state index contributed by atoms with van der Waals surface area (Å²) in [5.74, 6) is 4.89. The molecule has 0 amide bonds. The van der Waals surface area contributed by atoms with Crippen molar-refractivity contribution in [3.63, 3.8) is 0 Å². The zero-order valence-corrected chi connectivity index (χ0v) is 20.2. The Hall–Kier alpha value is -0.120. The summed E-state index contributed by atoms with van der Waals surface area (Å²) >= 11 is 0. The fraction of sp³-hybridized carbons (Fsp3) is 1.00. The summed E-state index contributed by atoms with van der Waals surface area (Å²) in [5, 5.41) is 20.9. The molecule has 3 nitrogen and oxygen atoms in total. The lowest BCUT2D eigenvalue weighted by atomic mass is 9.44. The second-order valence-electron chi connectivity index (χ2n) is 12.9. The molecule has 0 radical (unpaired) electrons. The average Bonchev–Trinajstić information content (AvgIpc) is 3.11. The van der Waals surface area contributed by atoms with Gasteiger partial charge in [0.15, 0.2) is 0 Å². The lowest BCUT2D eigenvalue weighted by Gasteiger charge is -2.61. The van der Waals surface area contributed by atoms with Crippen LogP contribution in [0.5, 0.6) is 0 Å². The molecule has 5 fully saturated rings. The fourth-order valence-corrected chi connectivity index (χ4v) is 9.73. The van der Waals surface area contributed by atoms with Gasteiger partial charge in [0.05, 0.1) is 12.2 Å². The van der Waals surface area contributed by atoms with Gasteiger partial charge in [-0.3, -0.25) is 0 Å². The van der Waals surface area contributed by atoms with Gasteiger partial charge in [0.25, 0.3) is 0 Å². The number of ether oxygens (including phenoxy) is 1. The first-order valence-electron chi connectivity index (χ1n) is 13.9. The van der Waals surface area contributed by atoms with Gasteiger partial charge in [-0.2, -0.15) is 0 Å². The molecule has 2 N–H and O–H groups in total. The van der Waals surface area contributed by atoms with E-state index >= 15 is 0 Å². The molecule has 5 aliphatic rings. The molecule has 178 valence electrons. The predicted octanol–water partition coefficient (Wildman–Crippen LogP) is 5.96. The van der Waals surface area contributed by atoms with Gasteiger partial charge in [0.1, 0.15) is 0 Å². The summed E-state index contributed by atoms with van der Waals surface area (Å²) in [6.45, 7) is 6.93. The first-order valence-corrected chi connectivity index (χ1v) is 13.9. The van der Waals surface area contributed by atoms with E-state index in [2.05, 4.69) is 13.8 Å². The molecule has 4 saturated carbocycles. The normalized spacial score (nSPS) is 49.2. The van der Waals surface area contributed by atoms with E-state index in [1.54, 1.807) is 0 Å². The van der Waals surface area contributed by atoms with Crippen molar-refractivity contribution in [3.05, 3.63) is 0 Å². The first-order chi connectivity index (χ1) is 14.9. The lowest BCUT2D eigenvalue weighted by molar-refractivity contribution is -0.127. The minimum absolute atomic E-state index is 0.0316. The van der Waals surface area contributed by atoms with Crippen LogP contribution in [-0.2, 0) is 4.74 Å². The van der Waals surface area contributed by atoms with Crippen LogP contribution in [0.15, 0.2) is 0 Å². The van der Waals surface area contributed by atoms with E-state index in [0.29, 0.717) is 16.7 Å². The van der Waals surface area contributed by atoms with E-state index in [-0.39, 0.29) is 12.2 Å². The van der Waals surface area contributed by atoms with Gasteiger partial charge in [-0.1, -0.05) is 20.3 Å². The molecule has 0 aromatic rings. The van der Waals surface area contributed by atoms with Crippen molar-refractivity contribution >= 4 is 0 Å². The van der Waals surface area contributed by atoms with Gasteiger partial charge in [-0.25, -0.2) is 0 Å². The van der Waals surface area contributed by atoms with Gasteiger partial charge in [0, 0.05) is 13.2 Å². The fourth-order valence-electron chi connectivity index (χ4n) is 9.73. The molecule has 9 unspecified atom stereocenters. The van der Waals surface area contributed by atoms with E-state index < -0.39 is 0 Å². The lowest BCUT2D eigenvalue weighted by Crippen LogP contribution is -2.53. The van der Waals surface area contributed by atoms with Crippen LogP contribution in [0.25, 0.3) is 0 Å². The Morgan fingerprint density at radius 2 is 1.61 bits per heavy atom. The number of rotatable bonds is 5. The Morgan fingerprint density at radius 3 is 2.42 bits per heavy atom. The second-order valence-corrected chi connectivity index (χ2v) is 12.9. The summed E-state index contributed by atoms with van der Waals surface area (Å²) in [4.78, 5) is 0. The quantitative estimate of drug-likeness (QED) is 0.563. The minimum atomic E-state index is -0.110. The third kappa shape index (κ3) is 4.03. The summed E-state index contributed by atoms with van der Waals surface area (Å²) in [6.07, 6.45) is 17.4. The second kappa shape index (κ2) is 8.91. The molecule has 0 aromatic carbocycles. The highest BCUT2D eigenvalue weighted by atomic mass is 16.5. The zero-order valence-electron chi connectivity index (χ0n) is 20.2. The van der Waals surface area contributed by atoms with Crippen LogP contribution >= 0.6 is 0 Å². The van der Waals surface area contributed by atoms with Crippen LogP contribution < -0.4 is 0 Å². The highest BCUT2D eigenvalue weighted by Gasteiger charge is 2.59. The van der Waals surface area contributed by atoms with Gasteiger partial charge >= 0.3 is 0 Å². The molecule has 9 atom stereocenters. The van der Waals surface area contributed by atoms with Crippen molar-refractivity contribution in [2.75, 3.05) is 13.2 Å². The molecule has 5 rings (SSSR count). The van der Waals surface area contributed by atoms with E-state index in [1.807, 2.05) is 0 Å². The van der Waals surface area contributed by atoms with E-state index in [9.17, 15) is 10.2 Å². The first kappa shape index (κ1) is 22.7. The Bertz CT molecular complexity index is 615. The van der Waals surface area contributed by atoms with E-state index in [4.69, 9.17) is 4.74 Å². The van der Waals surface area contributed by atoms with E-state index in [1.165, 1.54) is 57.8 Å². The Morgan fingerprint density at radius 1 is 0.871 bits per heavy atom. The Labute approximate surface area is 190 Å². The molecule has 3 heteroatoms. The smallest absolute Gasteiger partial charge is 0.0570 e. The van der Waals surface area contributed by atoms with Gasteiger partial charge < -0.3 is 14.9 Å². The van der Waals surface area contributed by atoms with E-state index in [0.717, 1.165) is 74.9 Å². The highest BCUT2D eigenvalue weighted by molar-refractivity contribution is 5.09. The highest BCUT2D eigenvalue weighted by Crippen LogP contribution is 2.67. The number of aliphatic hydroxyl groups excluding tert-OH is 2. The van der Waals surface area contributed by atoms with Crippen LogP contribution in [0.1, 0.15) is 104 Å². The van der Waals surface area contributed by atoms with Gasteiger partial charge in [-0.05, 0) is 130 Å². The molecular weight excluding hydrogens is 384 g/mol. The zero-order chi connectivity index (χ0) is 21.6. The molecule has 1 heterocycles. The molecule has 0 spiro atoms. The van der Waals surface area contributed by atoms with Crippen LogP contribution in [0.3, 0.4) is 0 Å². The average molecular weight is 433 g/mol. The van der Waals surface area contributed by atoms with Crippen molar-refractivity contribution in [2.24, 2.45) is 46.3 Å². The van der Waals surface area contributed by atoms with Crippen LogP contribution in [0, 0.1) is 46.3 Å². The topological polar surface area (TPSA) is 49.7 Å². The van der Waals surface area contributed by atoms with Crippen molar-refractivity contribution < 1.29 is 14.9 Å². The third-order valence-electron chi connectivity index (χ3n) is 11.7. The standard InChI is InChI=1S/C28H48O3/c1-27-15-11-25-23(8-6-21-18-22(29)10-14-28(21,25)2)24(27)9-7-20(27)4-3-5-26(30)19-12-16-31-17-13-19/h19-26,29-30H,3-18H2,1-2H3. The molecular formula is C28H48O3. The maximum absolute atomic E-state index is 10.7. The van der Waals surface area contributed by atoms with Crippen LogP contribution in [-0.4, -0.2) is 35.6 Å². The largest absolute Gasteiger partial charge is 0.393 e. The third-order valence-corrected chi connectivity index (χ3v) is 11.7. The maximum atomic E-state index is 10.7. The monoisotopic (exact) mass is 432 g/mol. The van der Waals surface area contributed by atoms with Crippen molar-refractivity contribution in [1.82, 2.24) is 0 Å². The summed E-state index contributed by atoms with van der Waals surface area (Å²) in [7, 11) is 0. The number of fused-ring (bicyclic) bond motifs is 5. The van der Waals surface area contributed by atoms with Crippen molar-refractivity contribution in [2.45, 2.75) is 116 Å².